The highest BCUT2D eigenvalue weighted by molar-refractivity contribution is 6.40. The number of nitrogens with one attached hydrogen (secondary N) is 1. The molecule has 2 aliphatic heterocycles. The number of carbonyl (C=O) groups is 1. The third-order valence-electron chi connectivity index (χ3n) is 2.32. The maximum Gasteiger partial charge on any atom is 0.354 e. The van der Waals surface area contributed by atoms with Gasteiger partial charge in [0.15, 0.2) is 0 Å². The van der Waals surface area contributed by atoms with Crippen LogP contribution in [0.25, 0.3) is 0 Å². The molecule has 0 aliphatic carbocycles. The lowest BCUT2D eigenvalue weighted by Crippen LogP contribution is -2.27. The smallest absolute Gasteiger partial charge is 0.354 e. The maximum absolute atomic E-state index is 10.7. The van der Waals surface area contributed by atoms with E-state index in [2.05, 4.69) is 10.3 Å². The fraction of sp³-hybridized carbons (Fsp3) is 0.556. The Morgan fingerprint density at radius 1 is 1.71 bits per heavy atom. The standard InChI is InChI=1S/C9H12N2O3/c12-9(13)7-3-8-6(5-11-7)4-10-1-2-14-8/h3,6,10H,1-2,4-5H2,(H,12,13). The zero-order valence-electron chi connectivity index (χ0n) is 7.69. The molecule has 0 radical (unpaired) electrons. The SMILES string of the molecule is O=C(O)C1=NCC2CNCCOC2=C1. The van der Waals surface area contributed by atoms with E-state index >= 15 is 0 Å². The summed E-state index contributed by atoms with van der Waals surface area (Å²) in [5, 5.41) is 12.0. The van der Waals surface area contributed by atoms with Crippen LogP contribution in [-0.4, -0.2) is 43.0 Å². The molecule has 0 aromatic carbocycles. The lowest BCUT2D eigenvalue weighted by molar-refractivity contribution is -0.129. The van der Waals surface area contributed by atoms with Crippen molar-refractivity contribution in [2.75, 3.05) is 26.2 Å². The van der Waals surface area contributed by atoms with Gasteiger partial charge in [-0.1, -0.05) is 0 Å². The van der Waals surface area contributed by atoms with Gasteiger partial charge in [-0.15, -0.1) is 0 Å². The van der Waals surface area contributed by atoms with E-state index < -0.39 is 5.97 Å². The molecule has 14 heavy (non-hydrogen) atoms. The van der Waals surface area contributed by atoms with Crippen molar-refractivity contribution in [1.29, 1.82) is 0 Å². The normalized spacial score (nSPS) is 26.4. The number of carboxylic acids is 1. The highest BCUT2D eigenvalue weighted by Crippen LogP contribution is 2.18. The number of rotatable bonds is 1. The maximum atomic E-state index is 10.7. The van der Waals surface area contributed by atoms with Crippen LogP contribution in [0, 0.1) is 5.92 Å². The predicted octanol–water partition coefficient (Wildman–Crippen LogP) is -0.354. The molecule has 0 aromatic heterocycles. The summed E-state index contributed by atoms with van der Waals surface area (Å²) >= 11 is 0. The van der Waals surface area contributed by atoms with E-state index in [0.29, 0.717) is 13.2 Å². The van der Waals surface area contributed by atoms with Crippen LogP contribution >= 0.6 is 0 Å². The number of aliphatic imine (C=N–C) groups is 1. The summed E-state index contributed by atoms with van der Waals surface area (Å²) < 4.78 is 5.44. The third-order valence-corrected chi connectivity index (χ3v) is 2.32. The molecule has 76 valence electrons. The number of hydrogen-bond donors (Lipinski definition) is 2. The first-order valence-corrected chi connectivity index (χ1v) is 4.60. The van der Waals surface area contributed by atoms with Crippen molar-refractivity contribution >= 4 is 11.7 Å². The summed E-state index contributed by atoms with van der Waals surface area (Å²) in [4.78, 5) is 14.6. The number of carboxylic acid groups (broad SMARTS) is 1. The van der Waals surface area contributed by atoms with E-state index in [1.54, 1.807) is 0 Å². The number of dihydropyridines is 1. The minimum absolute atomic E-state index is 0.0955. The number of fused-ring (bicyclic) bond motifs is 1. The zero-order chi connectivity index (χ0) is 9.97. The second-order valence-corrected chi connectivity index (χ2v) is 3.33. The van der Waals surface area contributed by atoms with Crippen LogP contribution in [-0.2, 0) is 9.53 Å². The van der Waals surface area contributed by atoms with Gasteiger partial charge < -0.3 is 15.2 Å². The minimum atomic E-state index is -0.989. The summed E-state index contributed by atoms with van der Waals surface area (Å²) in [7, 11) is 0. The molecular formula is C9H12N2O3. The van der Waals surface area contributed by atoms with Gasteiger partial charge in [0.25, 0.3) is 0 Å². The lowest BCUT2D eigenvalue weighted by atomic mass is 10.0. The first-order valence-electron chi connectivity index (χ1n) is 4.60. The Balaban J connectivity index is 2.17. The van der Waals surface area contributed by atoms with Crippen molar-refractivity contribution < 1.29 is 14.6 Å². The van der Waals surface area contributed by atoms with E-state index in [-0.39, 0.29) is 11.6 Å². The van der Waals surface area contributed by atoms with Crippen LogP contribution in [0.3, 0.4) is 0 Å². The van der Waals surface area contributed by atoms with E-state index in [4.69, 9.17) is 9.84 Å². The topological polar surface area (TPSA) is 70.9 Å². The molecule has 1 fully saturated rings. The lowest BCUT2D eigenvalue weighted by Gasteiger charge is -2.18. The molecule has 2 N–H and O–H groups in total. The van der Waals surface area contributed by atoms with Crippen molar-refractivity contribution in [2.24, 2.45) is 10.9 Å². The largest absolute Gasteiger partial charge is 0.496 e. The average molecular weight is 196 g/mol. The fourth-order valence-corrected chi connectivity index (χ4v) is 1.57. The van der Waals surface area contributed by atoms with Crippen LogP contribution < -0.4 is 5.32 Å². The molecular weight excluding hydrogens is 184 g/mol. The fourth-order valence-electron chi connectivity index (χ4n) is 1.57. The highest BCUT2D eigenvalue weighted by atomic mass is 16.5. The van der Waals surface area contributed by atoms with Gasteiger partial charge in [-0.3, -0.25) is 4.99 Å². The van der Waals surface area contributed by atoms with Crippen molar-refractivity contribution in [3.05, 3.63) is 11.8 Å². The summed E-state index contributed by atoms with van der Waals surface area (Å²) in [6.45, 7) is 2.70. The second kappa shape index (κ2) is 3.79. The van der Waals surface area contributed by atoms with Gasteiger partial charge in [0.05, 0.1) is 6.54 Å². The number of nitrogens with zero attached hydrogens (tertiary/aromatic N) is 1. The van der Waals surface area contributed by atoms with Gasteiger partial charge in [-0.05, 0) is 0 Å². The average Bonchev–Trinajstić information content (AvgIpc) is 2.41. The van der Waals surface area contributed by atoms with E-state index in [0.717, 1.165) is 18.8 Å². The molecule has 2 heterocycles. The van der Waals surface area contributed by atoms with Crippen molar-refractivity contribution in [3.8, 4) is 0 Å². The molecule has 2 aliphatic rings. The zero-order valence-corrected chi connectivity index (χ0v) is 7.69. The second-order valence-electron chi connectivity index (χ2n) is 3.33. The number of ether oxygens (including phenoxy) is 1. The molecule has 1 saturated heterocycles. The van der Waals surface area contributed by atoms with Crippen LogP contribution in [0.5, 0.6) is 0 Å². The number of aliphatic carboxylic acids is 1. The van der Waals surface area contributed by atoms with Crippen LogP contribution in [0.1, 0.15) is 0 Å². The van der Waals surface area contributed by atoms with Gasteiger partial charge >= 0.3 is 5.97 Å². The van der Waals surface area contributed by atoms with Crippen LogP contribution in [0.4, 0.5) is 0 Å². The molecule has 0 saturated carbocycles. The van der Waals surface area contributed by atoms with Crippen molar-refractivity contribution in [2.45, 2.75) is 0 Å². The van der Waals surface area contributed by atoms with Crippen molar-refractivity contribution in [3.63, 3.8) is 0 Å². The van der Waals surface area contributed by atoms with Crippen LogP contribution in [0.2, 0.25) is 0 Å². The monoisotopic (exact) mass is 196 g/mol. The molecule has 0 spiro atoms. The predicted molar refractivity (Wildman–Crippen MR) is 50.3 cm³/mol. The summed E-state index contributed by atoms with van der Waals surface area (Å²) in [6, 6.07) is 0. The quantitative estimate of drug-likeness (QED) is 0.601. The molecule has 1 unspecified atom stereocenters. The van der Waals surface area contributed by atoms with Gasteiger partial charge in [-0.25, -0.2) is 4.79 Å². The Labute approximate surface area is 81.5 Å². The molecule has 5 heteroatoms. The van der Waals surface area contributed by atoms with Gasteiger partial charge in [0.1, 0.15) is 18.1 Å². The van der Waals surface area contributed by atoms with Gasteiger partial charge in [0.2, 0.25) is 0 Å². The molecule has 1 atom stereocenters. The Morgan fingerprint density at radius 3 is 3.36 bits per heavy atom. The van der Waals surface area contributed by atoms with E-state index in [1.165, 1.54) is 6.08 Å². The first-order chi connectivity index (χ1) is 6.77. The minimum Gasteiger partial charge on any atom is -0.496 e. The van der Waals surface area contributed by atoms with E-state index in [1.807, 2.05) is 0 Å². The van der Waals surface area contributed by atoms with Gasteiger partial charge in [-0.2, -0.15) is 0 Å². The Kier molecular flexibility index (Phi) is 2.49. The molecule has 0 amide bonds. The summed E-state index contributed by atoms with van der Waals surface area (Å²) in [6.07, 6.45) is 1.53. The van der Waals surface area contributed by atoms with Crippen molar-refractivity contribution in [1.82, 2.24) is 5.32 Å². The van der Waals surface area contributed by atoms with Gasteiger partial charge in [0, 0.05) is 25.1 Å². The first kappa shape index (κ1) is 9.21. The van der Waals surface area contributed by atoms with E-state index in [9.17, 15) is 4.79 Å². The highest BCUT2D eigenvalue weighted by Gasteiger charge is 2.24. The Bertz CT molecular complexity index is 309. The van der Waals surface area contributed by atoms with Crippen LogP contribution in [0.15, 0.2) is 16.8 Å². The third kappa shape index (κ3) is 1.77. The molecule has 0 aromatic rings. The molecule has 5 nitrogen and oxygen atoms in total. The summed E-state index contributed by atoms with van der Waals surface area (Å²) in [5.41, 5.74) is 0.0955. The Morgan fingerprint density at radius 2 is 2.57 bits per heavy atom. The Hall–Kier alpha value is -1.36. The number of hydrogen-bond acceptors (Lipinski definition) is 4. The molecule has 0 bridgehead atoms. The summed E-state index contributed by atoms with van der Waals surface area (Å²) in [5.74, 6) is -0.0419. The molecule has 2 rings (SSSR count).